The molecule has 2 amide bonds. The minimum atomic E-state index is -3.19. The Kier molecular flexibility index (Phi) is 3.85. The first-order valence-corrected chi connectivity index (χ1v) is 8.32. The van der Waals surface area contributed by atoms with E-state index in [0.29, 0.717) is 0 Å². The van der Waals surface area contributed by atoms with Gasteiger partial charge in [0.2, 0.25) is 11.8 Å². The van der Waals surface area contributed by atoms with Crippen molar-refractivity contribution in [3.63, 3.8) is 0 Å². The highest BCUT2D eigenvalue weighted by atomic mass is 32.2. The number of nitrogens with zero attached hydrogens (tertiary/aromatic N) is 1. The van der Waals surface area contributed by atoms with Crippen molar-refractivity contribution in [1.29, 1.82) is 0 Å². The maximum Gasteiger partial charge on any atom is 0.245 e. The van der Waals surface area contributed by atoms with Gasteiger partial charge in [0.25, 0.3) is 0 Å². The molecule has 0 bridgehead atoms. The van der Waals surface area contributed by atoms with Crippen LogP contribution in [0.1, 0.15) is 26.7 Å². The maximum atomic E-state index is 12.2. The fraction of sp³-hybridized carbons (Fsp3) is 0.833. The van der Waals surface area contributed by atoms with Crippen molar-refractivity contribution < 1.29 is 18.0 Å². The lowest BCUT2D eigenvalue weighted by molar-refractivity contribution is -0.144. The Bertz CT molecular complexity index is 482. The Hall–Kier alpha value is -1.11. The van der Waals surface area contributed by atoms with E-state index in [9.17, 15) is 18.0 Å². The number of sulfone groups is 1. The van der Waals surface area contributed by atoms with Gasteiger partial charge in [0.15, 0.2) is 9.84 Å². The molecule has 1 saturated carbocycles. The van der Waals surface area contributed by atoms with Gasteiger partial charge in [-0.25, -0.2) is 8.42 Å². The highest BCUT2D eigenvalue weighted by Gasteiger charge is 2.42. The summed E-state index contributed by atoms with van der Waals surface area (Å²) in [5.41, 5.74) is 0. The summed E-state index contributed by atoms with van der Waals surface area (Å²) in [7, 11) is -3.19. The first kappa shape index (κ1) is 14.3. The number of carbonyl (C=O) groups is 2. The van der Waals surface area contributed by atoms with Gasteiger partial charge < -0.3 is 10.2 Å². The van der Waals surface area contributed by atoms with Gasteiger partial charge in [-0.15, -0.1) is 0 Å². The normalized spacial score (nSPS) is 24.8. The zero-order valence-electron chi connectivity index (χ0n) is 11.3. The number of piperazine rings is 1. The number of hydrogen-bond donors (Lipinski definition) is 1. The van der Waals surface area contributed by atoms with E-state index in [0.717, 1.165) is 12.8 Å². The molecule has 1 saturated heterocycles. The molecule has 2 rings (SSSR count). The summed E-state index contributed by atoms with van der Waals surface area (Å²) in [5.74, 6) is -0.179. The van der Waals surface area contributed by atoms with Crippen LogP contribution in [0.25, 0.3) is 0 Å². The highest BCUT2D eigenvalue weighted by molar-refractivity contribution is 7.92. The van der Waals surface area contributed by atoms with Crippen LogP contribution >= 0.6 is 0 Å². The van der Waals surface area contributed by atoms with Gasteiger partial charge in [0, 0.05) is 6.54 Å². The molecule has 1 aliphatic heterocycles. The summed E-state index contributed by atoms with van der Waals surface area (Å²) in [5, 5.41) is 2.24. The second kappa shape index (κ2) is 5.11. The third kappa shape index (κ3) is 3.26. The van der Waals surface area contributed by atoms with E-state index in [1.54, 1.807) is 13.8 Å². The van der Waals surface area contributed by atoms with E-state index in [1.165, 1.54) is 4.90 Å². The van der Waals surface area contributed by atoms with Crippen LogP contribution in [-0.4, -0.2) is 55.3 Å². The largest absolute Gasteiger partial charge is 0.342 e. The Morgan fingerprint density at radius 1 is 1.32 bits per heavy atom. The van der Waals surface area contributed by atoms with Gasteiger partial charge in [0.05, 0.1) is 17.5 Å². The Labute approximate surface area is 113 Å². The third-order valence-electron chi connectivity index (χ3n) is 3.69. The zero-order chi connectivity index (χ0) is 14.2. The number of hydrogen-bond acceptors (Lipinski definition) is 4. The molecule has 6 nitrogen and oxygen atoms in total. The molecule has 0 radical (unpaired) electrons. The molecule has 2 aliphatic rings. The lowest BCUT2D eigenvalue weighted by Crippen LogP contribution is -2.59. The van der Waals surface area contributed by atoms with E-state index >= 15 is 0 Å². The van der Waals surface area contributed by atoms with Crippen LogP contribution in [-0.2, 0) is 19.4 Å². The van der Waals surface area contributed by atoms with Crippen LogP contribution in [0.4, 0.5) is 0 Å². The predicted molar refractivity (Wildman–Crippen MR) is 70.2 cm³/mol. The molecule has 1 N–H and O–H groups in total. The summed E-state index contributed by atoms with van der Waals surface area (Å²) in [6.45, 7) is 3.31. The van der Waals surface area contributed by atoms with Gasteiger partial charge in [0.1, 0.15) is 6.04 Å². The monoisotopic (exact) mass is 288 g/mol. The maximum absolute atomic E-state index is 12.2. The zero-order valence-corrected chi connectivity index (χ0v) is 12.1. The predicted octanol–water partition coefficient (Wildman–Crippen LogP) is -0.453. The minimum Gasteiger partial charge on any atom is -0.342 e. The van der Waals surface area contributed by atoms with E-state index < -0.39 is 21.1 Å². The lowest BCUT2D eigenvalue weighted by atomic mass is 10.1. The Morgan fingerprint density at radius 3 is 2.47 bits per heavy atom. The van der Waals surface area contributed by atoms with E-state index in [-0.39, 0.29) is 36.6 Å². The van der Waals surface area contributed by atoms with Crippen LogP contribution in [0.5, 0.6) is 0 Å². The number of nitrogens with one attached hydrogen (secondary N) is 1. The molecular weight excluding hydrogens is 268 g/mol. The highest BCUT2D eigenvalue weighted by Crippen LogP contribution is 2.34. The van der Waals surface area contributed by atoms with Crippen molar-refractivity contribution in [2.75, 3.05) is 18.8 Å². The van der Waals surface area contributed by atoms with Crippen LogP contribution in [0.3, 0.4) is 0 Å². The molecule has 1 unspecified atom stereocenters. The molecule has 2 fully saturated rings. The first-order valence-electron chi connectivity index (χ1n) is 6.61. The van der Waals surface area contributed by atoms with Crippen molar-refractivity contribution in [2.45, 2.75) is 38.0 Å². The van der Waals surface area contributed by atoms with Crippen LogP contribution < -0.4 is 5.32 Å². The molecular formula is C12H20N2O4S. The number of rotatable bonds is 5. The average Bonchev–Trinajstić information content (AvgIpc) is 3.13. The average molecular weight is 288 g/mol. The molecule has 7 heteroatoms. The number of amides is 2. The van der Waals surface area contributed by atoms with E-state index in [1.807, 2.05) is 0 Å². The van der Waals surface area contributed by atoms with Gasteiger partial charge in [-0.1, -0.05) is 0 Å². The van der Waals surface area contributed by atoms with Gasteiger partial charge in [-0.05, 0) is 32.6 Å². The smallest absolute Gasteiger partial charge is 0.245 e. The standard InChI is InChI=1S/C12H20N2O4S/c1-8(2)19(17,18)6-5-14-7-10(15)13-11(12(14)16)9-3-4-9/h8-9,11H,3-7H2,1-2H3,(H,13,15). The van der Waals surface area contributed by atoms with Crippen molar-refractivity contribution in [3.8, 4) is 0 Å². The Morgan fingerprint density at radius 2 is 1.95 bits per heavy atom. The van der Waals surface area contributed by atoms with Crippen molar-refractivity contribution in [1.82, 2.24) is 10.2 Å². The molecule has 1 heterocycles. The summed E-state index contributed by atoms with van der Waals surface area (Å²) >= 11 is 0. The SMILES string of the molecule is CC(C)S(=O)(=O)CCN1CC(=O)NC(C2CC2)C1=O. The molecule has 0 spiro atoms. The molecule has 0 aromatic heterocycles. The van der Waals surface area contributed by atoms with Crippen LogP contribution in [0.15, 0.2) is 0 Å². The first-order chi connectivity index (χ1) is 8.81. The van der Waals surface area contributed by atoms with Gasteiger partial charge in [-0.3, -0.25) is 9.59 Å². The lowest BCUT2D eigenvalue weighted by Gasteiger charge is -2.32. The number of carbonyl (C=O) groups excluding carboxylic acids is 2. The van der Waals surface area contributed by atoms with Gasteiger partial charge >= 0.3 is 0 Å². The molecule has 1 aliphatic carbocycles. The second-order valence-electron chi connectivity index (χ2n) is 5.56. The van der Waals surface area contributed by atoms with E-state index in [4.69, 9.17) is 0 Å². The molecule has 1 atom stereocenters. The molecule has 0 aromatic carbocycles. The summed E-state index contributed by atoms with van der Waals surface area (Å²) in [6.07, 6.45) is 1.91. The Balaban J connectivity index is 1.99. The van der Waals surface area contributed by atoms with Crippen LogP contribution in [0.2, 0.25) is 0 Å². The quantitative estimate of drug-likeness (QED) is 0.742. The van der Waals surface area contributed by atoms with Crippen molar-refractivity contribution in [2.24, 2.45) is 5.92 Å². The van der Waals surface area contributed by atoms with Crippen LogP contribution in [0, 0.1) is 5.92 Å². The molecule has 108 valence electrons. The summed E-state index contributed by atoms with van der Waals surface area (Å²) in [4.78, 5) is 25.1. The third-order valence-corrected chi connectivity index (χ3v) is 5.87. The minimum absolute atomic E-state index is 0.0321. The molecule has 19 heavy (non-hydrogen) atoms. The fourth-order valence-electron chi connectivity index (χ4n) is 2.14. The fourth-order valence-corrected chi connectivity index (χ4v) is 3.09. The summed E-state index contributed by atoms with van der Waals surface area (Å²) in [6, 6.07) is -0.442. The van der Waals surface area contributed by atoms with Crippen molar-refractivity contribution in [3.05, 3.63) is 0 Å². The van der Waals surface area contributed by atoms with Crippen molar-refractivity contribution >= 4 is 21.7 Å². The topological polar surface area (TPSA) is 83.6 Å². The van der Waals surface area contributed by atoms with E-state index in [2.05, 4.69) is 5.32 Å². The van der Waals surface area contributed by atoms with Gasteiger partial charge in [-0.2, -0.15) is 0 Å². The molecule has 0 aromatic rings. The second-order valence-corrected chi connectivity index (χ2v) is 8.23. The summed E-state index contributed by atoms with van der Waals surface area (Å²) < 4.78 is 23.5.